The minimum absolute atomic E-state index is 0.0563. The Morgan fingerprint density at radius 2 is 1.49 bits per heavy atom. The maximum Gasteiger partial charge on any atom is 0.411 e. The number of esters is 1. The molecule has 3 N–H and O–H groups in total. The van der Waals surface area contributed by atoms with Gasteiger partial charge in [0, 0.05) is 20.1 Å². The quantitative estimate of drug-likeness (QED) is 0.285. The van der Waals surface area contributed by atoms with Crippen molar-refractivity contribution in [2.75, 3.05) is 13.7 Å². The van der Waals surface area contributed by atoms with E-state index in [1.54, 1.807) is 20.8 Å². The number of amides is 2. The highest BCUT2D eigenvalue weighted by Gasteiger charge is 2.30. The lowest BCUT2D eigenvalue weighted by molar-refractivity contribution is -0.150. The number of nitrogens with one attached hydrogen (secondary N) is 1. The molecule has 0 unspecified atom stereocenters. The van der Waals surface area contributed by atoms with Crippen LogP contribution in [0, 0.1) is 0 Å². The third-order valence-electron chi connectivity index (χ3n) is 4.85. The molecule has 0 saturated carbocycles. The molecule has 2 amide bonds. The predicted molar refractivity (Wildman–Crippen MR) is 131 cm³/mol. The molecule has 0 spiro atoms. The van der Waals surface area contributed by atoms with Gasteiger partial charge in [0.25, 0.3) is 5.91 Å². The number of rotatable bonds is 11. The molecule has 0 aliphatic heterocycles. The van der Waals surface area contributed by atoms with Crippen molar-refractivity contribution in [1.29, 1.82) is 0 Å². The molecule has 0 aliphatic carbocycles. The van der Waals surface area contributed by atoms with E-state index in [2.05, 4.69) is 5.32 Å². The van der Waals surface area contributed by atoms with Crippen LogP contribution in [0.3, 0.4) is 0 Å². The molecule has 0 aromatic heterocycles. The first-order valence-electron chi connectivity index (χ1n) is 11.4. The van der Waals surface area contributed by atoms with Gasteiger partial charge in [0.05, 0.1) is 6.61 Å². The molecule has 0 heterocycles. The van der Waals surface area contributed by atoms with Gasteiger partial charge in [-0.05, 0) is 31.9 Å². The number of carbonyl (C=O) groups excluding carboxylic acids is 3. The van der Waals surface area contributed by atoms with E-state index in [1.807, 2.05) is 60.7 Å². The fourth-order valence-corrected chi connectivity index (χ4v) is 2.92. The number of ether oxygens (including phenoxy) is 3. The van der Waals surface area contributed by atoms with E-state index in [9.17, 15) is 14.4 Å². The van der Waals surface area contributed by atoms with Gasteiger partial charge in [-0.25, -0.2) is 9.59 Å². The van der Waals surface area contributed by atoms with Crippen molar-refractivity contribution in [2.45, 2.75) is 58.2 Å². The van der Waals surface area contributed by atoms with Crippen molar-refractivity contribution < 1.29 is 28.6 Å². The lowest BCUT2D eigenvalue weighted by Crippen LogP contribution is -2.57. The number of benzene rings is 2. The van der Waals surface area contributed by atoms with E-state index < -0.39 is 35.8 Å². The normalized spacial score (nSPS) is 12.8. The van der Waals surface area contributed by atoms with Crippen LogP contribution in [0.1, 0.15) is 38.3 Å². The molecular weight excluding hydrogens is 450 g/mol. The van der Waals surface area contributed by atoms with E-state index >= 15 is 0 Å². The van der Waals surface area contributed by atoms with Crippen LogP contribution in [-0.4, -0.2) is 54.3 Å². The molecule has 9 nitrogen and oxygen atoms in total. The van der Waals surface area contributed by atoms with Crippen molar-refractivity contribution in [3.8, 4) is 0 Å². The van der Waals surface area contributed by atoms with E-state index in [4.69, 9.17) is 19.9 Å². The summed E-state index contributed by atoms with van der Waals surface area (Å²) in [5.74, 6) is -1.35. The van der Waals surface area contributed by atoms with E-state index in [0.717, 1.165) is 16.0 Å². The van der Waals surface area contributed by atoms with Crippen molar-refractivity contribution in [3.05, 3.63) is 71.8 Å². The van der Waals surface area contributed by atoms with Crippen LogP contribution in [0.5, 0.6) is 0 Å². The largest absolute Gasteiger partial charge is 0.459 e. The minimum atomic E-state index is -1.36. The zero-order chi connectivity index (χ0) is 25.8. The molecular formula is C26H35N3O6. The lowest BCUT2D eigenvalue weighted by atomic mass is 10.2. The average Bonchev–Trinajstić information content (AvgIpc) is 2.83. The highest BCUT2D eigenvalue weighted by Crippen LogP contribution is 2.11. The Bertz CT molecular complexity index is 947. The van der Waals surface area contributed by atoms with Crippen LogP contribution in [-0.2, 0) is 37.0 Å². The maximum atomic E-state index is 12.8. The van der Waals surface area contributed by atoms with Gasteiger partial charge in [-0.3, -0.25) is 9.69 Å². The molecule has 2 aromatic rings. The molecule has 0 bridgehead atoms. The fourth-order valence-electron chi connectivity index (χ4n) is 2.92. The second kappa shape index (κ2) is 13.5. The van der Waals surface area contributed by atoms with E-state index in [1.165, 1.54) is 7.05 Å². The molecule has 0 aliphatic rings. The summed E-state index contributed by atoms with van der Waals surface area (Å²) in [7, 11) is 1.35. The monoisotopic (exact) mass is 485 g/mol. The third-order valence-corrected chi connectivity index (χ3v) is 4.85. The van der Waals surface area contributed by atoms with Crippen molar-refractivity contribution in [1.82, 2.24) is 10.2 Å². The first-order valence-corrected chi connectivity index (χ1v) is 11.4. The summed E-state index contributed by atoms with van der Waals surface area (Å²) < 4.78 is 16.3. The Morgan fingerprint density at radius 3 is 2.03 bits per heavy atom. The number of hydrogen-bond acceptors (Lipinski definition) is 7. The molecule has 2 aromatic carbocycles. The second-order valence-electron chi connectivity index (χ2n) is 9.02. The summed E-state index contributed by atoms with van der Waals surface area (Å²) in [5.41, 5.74) is 7.01. The average molecular weight is 486 g/mol. The molecule has 0 saturated heterocycles. The Hall–Kier alpha value is -3.43. The van der Waals surface area contributed by atoms with Crippen molar-refractivity contribution in [3.63, 3.8) is 0 Å². The Morgan fingerprint density at radius 1 is 0.943 bits per heavy atom. The summed E-state index contributed by atoms with van der Waals surface area (Å²) in [6.45, 7) is 5.73. The van der Waals surface area contributed by atoms with Crippen LogP contribution in [0.25, 0.3) is 0 Å². The first kappa shape index (κ1) is 27.8. The van der Waals surface area contributed by atoms with Gasteiger partial charge >= 0.3 is 12.1 Å². The highest BCUT2D eigenvalue weighted by molar-refractivity contribution is 5.89. The number of hydrogen-bond donors (Lipinski definition) is 2. The molecule has 2 atom stereocenters. The number of likely N-dealkylation sites (N-methyl/N-ethyl adjacent to an activating group) is 1. The Balaban J connectivity index is 1.98. The summed E-state index contributed by atoms with van der Waals surface area (Å²) >= 11 is 0. The Kier molecular flexibility index (Phi) is 10.7. The predicted octanol–water partition coefficient (Wildman–Crippen LogP) is 2.97. The van der Waals surface area contributed by atoms with Gasteiger partial charge in [0.15, 0.2) is 6.17 Å². The standard InChI is InChI=1S/C26H35N3O6/c1-26(2,3)35-25(32)29(4)22(27)23(30)28-21(15-16-33-17-19-11-7-5-8-12-19)24(31)34-18-20-13-9-6-10-14-20/h5-14,21-22H,15-18,27H2,1-4H3,(H,28,30)/t21-,22+/m0/s1. The molecule has 35 heavy (non-hydrogen) atoms. The highest BCUT2D eigenvalue weighted by atomic mass is 16.6. The van der Waals surface area contributed by atoms with Gasteiger partial charge < -0.3 is 25.3 Å². The lowest BCUT2D eigenvalue weighted by Gasteiger charge is -2.28. The third kappa shape index (κ3) is 10.2. The van der Waals surface area contributed by atoms with Gasteiger partial charge in [0.2, 0.25) is 0 Å². The number of carbonyl (C=O) groups is 3. The zero-order valence-corrected chi connectivity index (χ0v) is 20.7. The first-order chi connectivity index (χ1) is 16.6. The van der Waals surface area contributed by atoms with Crippen LogP contribution in [0.15, 0.2) is 60.7 Å². The van der Waals surface area contributed by atoms with Crippen LogP contribution in [0.4, 0.5) is 4.79 Å². The van der Waals surface area contributed by atoms with Crippen LogP contribution >= 0.6 is 0 Å². The summed E-state index contributed by atoms with van der Waals surface area (Å²) in [4.78, 5) is 38.8. The van der Waals surface area contributed by atoms with Crippen LogP contribution in [0.2, 0.25) is 0 Å². The smallest absolute Gasteiger partial charge is 0.411 e. The molecule has 9 heteroatoms. The maximum absolute atomic E-state index is 12.8. The topological polar surface area (TPSA) is 120 Å². The van der Waals surface area contributed by atoms with Gasteiger partial charge in [0.1, 0.15) is 18.2 Å². The van der Waals surface area contributed by atoms with Crippen LogP contribution < -0.4 is 11.1 Å². The van der Waals surface area contributed by atoms with Crippen molar-refractivity contribution >= 4 is 18.0 Å². The zero-order valence-electron chi connectivity index (χ0n) is 20.7. The SMILES string of the molecule is CN(C(=O)OC(C)(C)C)[C@@H](N)C(=O)N[C@@H](CCOCc1ccccc1)C(=O)OCc1ccccc1. The van der Waals surface area contributed by atoms with Gasteiger partial charge in [-0.15, -0.1) is 0 Å². The summed E-state index contributed by atoms with van der Waals surface area (Å²) in [6.07, 6.45) is -1.95. The molecule has 0 radical (unpaired) electrons. The Labute approximate surface area is 206 Å². The number of nitrogens with two attached hydrogens (primary N) is 1. The van der Waals surface area contributed by atoms with Gasteiger partial charge in [-0.1, -0.05) is 60.7 Å². The molecule has 190 valence electrons. The number of nitrogens with zero attached hydrogens (tertiary/aromatic N) is 1. The van der Waals surface area contributed by atoms with E-state index in [0.29, 0.717) is 6.61 Å². The van der Waals surface area contributed by atoms with E-state index in [-0.39, 0.29) is 19.6 Å². The van der Waals surface area contributed by atoms with Crippen molar-refractivity contribution in [2.24, 2.45) is 5.73 Å². The molecule has 2 rings (SSSR count). The molecule has 0 fully saturated rings. The fraction of sp³-hybridized carbons (Fsp3) is 0.423. The van der Waals surface area contributed by atoms with Gasteiger partial charge in [-0.2, -0.15) is 0 Å². The second-order valence-corrected chi connectivity index (χ2v) is 9.02. The summed E-state index contributed by atoms with van der Waals surface area (Å²) in [6, 6.07) is 17.8. The minimum Gasteiger partial charge on any atom is -0.459 e. The summed E-state index contributed by atoms with van der Waals surface area (Å²) in [5, 5.41) is 2.58.